The molecule has 1 N–H and O–H groups in total. The van der Waals surface area contributed by atoms with Gasteiger partial charge in [0.15, 0.2) is 0 Å². The summed E-state index contributed by atoms with van der Waals surface area (Å²) >= 11 is 0. The van der Waals surface area contributed by atoms with Gasteiger partial charge in [-0.25, -0.2) is 5.21 Å². The molecule has 0 fully saturated rings. The highest BCUT2D eigenvalue weighted by atomic mass is 16.6. The first kappa shape index (κ1) is 20.5. The van der Waals surface area contributed by atoms with E-state index in [0.717, 1.165) is 5.69 Å². The molecule has 0 atom stereocenters. The van der Waals surface area contributed by atoms with Crippen molar-refractivity contribution >= 4 is 28.7 Å². The van der Waals surface area contributed by atoms with Crippen LogP contribution in [0.25, 0.3) is 0 Å². The van der Waals surface area contributed by atoms with E-state index in [2.05, 4.69) is 16.3 Å². The summed E-state index contributed by atoms with van der Waals surface area (Å²) in [5, 5.41) is 25.8. The van der Waals surface area contributed by atoms with Gasteiger partial charge in [0.25, 0.3) is 4.92 Å². The highest BCUT2D eigenvalue weighted by Gasteiger charge is 2.10. The lowest BCUT2D eigenvalue weighted by atomic mass is 10.2. The van der Waals surface area contributed by atoms with Crippen molar-refractivity contribution in [3.63, 3.8) is 0 Å². The fourth-order valence-corrected chi connectivity index (χ4v) is 2.35. The second-order valence-corrected chi connectivity index (χ2v) is 5.74. The minimum Gasteiger partial charge on any atom is -0.464 e. The van der Waals surface area contributed by atoms with Gasteiger partial charge < -0.3 is 9.64 Å². The molecule has 0 unspecified atom stereocenters. The third kappa shape index (κ3) is 6.49. The average Bonchev–Trinajstić information content (AvgIpc) is 2.69. The van der Waals surface area contributed by atoms with Crippen molar-refractivity contribution in [2.45, 2.75) is 13.3 Å². The molecule has 144 valence electrons. The van der Waals surface area contributed by atoms with Gasteiger partial charge in [0.1, 0.15) is 6.61 Å². The van der Waals surface area contributed by atoms with Crippen LogP contribution in [0.3, 0.4) is 0 Å². The third-order valence-electron chi connectivity index (χ3n) is 3.73. The van der Waals surface area contributed by atoms with E-state index in [-0.39, 0.29) is 23.2 Å². The monoisotopic (exact) mass is 382 g/mol. The minimum atomic E-state index is -0.342. The topological polar surface area (TPSA) is 118 Å². The standard InChI is InChI=1S/C19H20N5O4/c1-15(25)28-14-13-23(12-2-11-20)18-7-3-16(4-8-18)21-22-17-5-9-19(10-6-17)24(26)27/h3-10H,2,12-14H2,1H3,(H,26,27)/q+1/b22-21+. The predicted molar refractivity (Wildman–Crippen MR) is 101 cm³/mol. The van der Waals surface area contributed by atoms with Crippen molar-refractivity contribution in [3.8, 4) is 6.07 Å². The Balaban J connectivity index is 2.03. The molecule has 9 nitrogen and oxygen atoms in total. The van der Waals surface area contributed by atoms with Crippen molar-refractivity contribution in [1.29, 1.82) is 5.26 Å². The number of hydrogen-bond acceptors (Lipinski definition) is 7. The number of benzene rings is 2. The van der Waals surface area contributed by atoms with Gasteiger partial charge in [0.05, 0.1) is 35.3 Å². The third-order valence-corrected chi connectivity index (χ3v) is 3.73. The summed E-state index contributed by atoms with van der Waals surface area (Å²) in [6, 6.07) is 15.4. The zero-order valence-corrected chi connectivity index (χ0v) is 15.4. The number of hydrogen-bond donors (Lipinski definition) is 1. The summed E-state index contributed by atoms with van der Waals surface area (Å²) in [4.78, 5) is 23.4. The summed E-state index contributed by atoms with van der Waals surface area (Å²) in [5.41, 5.74) is 2.14. The van der Waals surface area contributed by atoms with Gasteiger partial charge >= 0.3 is 11.7 Å². The lowest BCUT2D eigenvalue weighted by Crippen LogP contribution is -2.28. The van der Waals surface area contributed by atoms with Crippen LogP contribution in [0, 0.1) is 16.2 Å². The molecule has 0 radical (unpaired) electrons. The fraction of sp³-hybridized carbons (Fsp3) is 0.263. The Bertz CT molecular complexity index is 873. The van der Waals surface area contributed by atoms with E-state index >= 15 is 0 Å². The molecule has 0 aliphatic rings. The normalized spacial score (nSPS) is 10.4. The maximum absolute atomic E-state index is 10.9. The van der Waals surface area contributed by atoms with E-state index < -0.39 is 0 Å². The van der Waals surface area contributed by atoms with Crippen LogP contribution in [0.2, 0.25) is 0 Å². The van der Waals surface area contributed by atoms with E-state index in [1.54, 1.807) is 24.3 Å². The molecular formula is C19H20N5O4+. The maximum atomic E-state index is 10.9. The number of carbonyl (C=O) groups is 1. The number of carbonyl (C=O) groups excluding carboxylic acids is 1. The molecule has 2 rings (SSSR count). The molecule has 0 amide bonds. The van der Waals surface area contributed by atoms with Gasteiger partial charge in [0.2, 0.25) is 0 Å². The molecule has 0 aliphatic heterocycles. The van der Waals surface area contributed by atoms with E-state index in [1.165, 1.54) is 19.1 Å². The second kappa shape index (κ2) is 10.4. The van der Waals surface area contributed by atoms with E-state index in [4.69, 9.17) is 15.2 Å². The Labute approximate surface area is 162 Å². The first-order valence-electron chi connectivity index (χ1n) is 8.53. The quantitative estimate of drug-likeness (QED) is 0.395. The molecule has 0 aromatic heterocycles. The number of anilines is 1. The van der Waals surface area contributed by atoms with Crippen LogP contribution in [0.5, 0.6) is 0 Å². The molecule has 9 heteroatoms. The first-order chi connectivity index (χ1) is 13.5. The number of nitrogens with zero attached hydrogens (tertiary/aromatic N) is 5. The van der Waals surface area contributed by atoms with Gasteiger partial charge in [-0.05, 0) is 36.4 Å². The van der Waals surface area contributed by atoms with Crippen LogP contribution >= 0.6 is 0 Å². The number of nitriles is 1. The fourth-order valence-electron chi connectivity index (χ4n) is 2.35. The number of esters is 1. The van der Waals surface area contributed by atoms with Crippen LogP contribution in [-0.4, -0.2) is 35.8 Å². The molecule has 2 aromatic rings. The first-order valence-corrected chi connectivity index (χ1v) is 8.53. The summed E-state index contributed by atoms with van der Waals surface area (Å²) in [5.74, 6) is -0.342. The summed E-state index contributed by atoms with van der Waals surface area (Å²) in [6.45, 7) is 2.60. The lowest BCUT2D eigenvalue weighted by Gasteiger charge is -2.23. The predicted octanol–water partition coefficient (Wildman–Crippen LogP) is 4.18. The Morgan fingerprint density at radius 1 is 1.11 bits per heavy atom. The van der Waals surface area contributed by atoms with Crippen molar-refractivity contribution in [3.05, 3.63) is 53.4 Å². The minimum absolute atomic E-state index is 0.106. The van der Waals surface area contributed by atoms with E-state index in [9.17, 15) is 9.70 Å². The van der Waals surface area contributed by atoms with Gasteiger partial charge in [-0.2, -0.15) is 15.5 Å². The molecule has 0 heterocycles. The molecular weight excluding hydrogens is 362 g/mol. The number of rotatable bonds is 9. The molecule has 0 saturated carbocycles. The lowest BCUT2D eigenvalue weighted by molar-refractivity contribution is -0.729. The summed E-state index contributed by atoms with van der Waals surface area (Å²) in [6.07, 6.45) is 0.353. The largest absolute Gasteiger partial charge is 0.464 e. The van der Waals surface area contributed by atoms with Crippen LogP contribution in [0.15, 0.2) is 58.8 Å². The van der Waals surface area contributed by atoms with Crippen molar-refractivity contribution in [1.82, 2.24) is 0 Å². The highest BCUT2D eigenvalue weighted by Crippen LogP contribution is 2.23. The zero-order chi connectivity index (χ0) is 20.4. The van der Waals surface area contributed by atoms with E-state index in [0.29, 0.717) is 30.9 Å². The number of azo groups is 1. The highest BCUT2D eigenvalue weighted by molar-refractivity contribution is 5.66. The van der Waals surface area contributed by atoms with Gasteiger partial charge in [-0.15, -0.1) is 0 Å². The molecule has 0 aliphatic carbocycles. The molecule has 0 bridgehead atoms. The summed E-state index contributed by atoms with van der Waals surface area (Å²) in [7, 11) is 0. The molecule has 0 saturated heterocycles. The second-order valence-electron chi connectivity index (χ2n) is 5.74. The Morgan fingerprint density at radius 3 is 2.18 bits per heavy atom. The molecule has 28 heavy (non-hydrogen) atoms. The Kier molecular flexibility index (Phi) is 7.60. The van der Waals surface area contributed by atoms with Gasteiger partial charge in [0, 0.05) is 31.3 Å². The SMILES string of the molecule is CC(=O)OCCN(CCC#N)c1ccc(/N=N/c2ccc([N+](=O)O)cc2)cc1. The maximum Gasteiger partial charge on any atom is 0.316 e. The van der Waals surface area contributed by atoms with Crippen LogP contribution in [0.1, 0.15) is 13.3 Å². The smallest absolute Gasteiger partial charge is 0.316 e. The summed E-state index contributed by atoms with van der Waals surface area (Å²) < 4.78 is 4.97. The average molecular weight is 382 g/mol. The number of ether oxygens (including phenoxy) is 1. The molecule has 2 aromatic carbocycles. The molecule has 0 spiro atoms. The van der Waals surface area contributed by atoms with Crippen molar-refractivity contribution < 1.29 is 19.7 Å². The van der Waals surface area contributed by atoms with Crippen LogP contribution in [-0.2, 0) is 9.53 Å². The van der Waals surface area contributed by atoms with Gasteiger partial charge in [-0.1, -0.05) is 0 Å². The van der Waals surface area contributed by atoms with Crippen molar-refractivity contribution in [2.75, 3.05) is 24.6 Å². The van der Waals surface area contributed by atoms with Crippen molar-refractivity contribution in [2.24, 2.45) is 10.2 Å². The van der Waals surface area contributed by atoms with Gasteiger partial charge in [-0.3, -0.25) is 4.79 Å². The zero-order valence-electron chi connectivity index (χ0n) is 15.4. The van der Waals surface area contributed by atoms with E-state index in [1.807, 2.05) is 17.0 Å². The van der Waals surface area contributed by atoms with Crippen LogP contribution < -0.4 is 4.90 Å². The Hall–Kier alpha value is -3.80. The van der Waals surface area contributed by atoms with Crippen LogP contribution in [0.4, 0.5) is 22.7 Å². The Morgan fingerprint density at radius 2 is 1.68 bits per heavy atom.